The van der Waals surface area contributed by atoms with Crippen molar-refractivity contribution in [3.8, 4) is 0 Å². The van der Waals surface area contributed by atoms with Crippen LogP contribution in [0.1, 0.15) is 13.3 Å². The molecule has 0 spiro atoms. The minimum absolute atomic E-state index is 0.369. The van der Waals surface area contributed by atoms with Gasteiger partial charge in [-0.25, -0.2) is 0 Å². The van der Waals surface area contributed by atoms with Gasteiger partial charge < -0.3 is 5.11 Å². The lowest BCUT2D eigenvalue weighted by Crippen LogP contribution is -1.97. The van der Waals surface area contributed by atoms with Gasteiger partial charge in [0, 0.05) is 0 Å². The number of allylic oxidation sites excluding steroid dienone is 1. The third-order valence-corrected chi connectivity index (χ3v) is 0.885. The highest BCUT2D eigenvalue weighted by molar-refractivity contribution is 4.87. The van der Waals surface area contributed by atoms with Crippen molar-refractivity contribution in [3.63, 3.8) is 0 Å². The normalized spacial score (nSPS) is 14.2. The first kappa shape index (κ1) is 7.44. The first-order valence-electron chi connectivity index (χ1n) is 2.73. The van der Waals surface area contributed by atoms with Gasteiger partial charge in [0.2, 0.25) is 0 Å². The molecule has 0 unspecified atom stereocenters. The Kier molecular flexibility index (Phi) is 4.27. The molecule has 8 heavy (non-hydrogen) atoms. The van der Waals surface area contributed by atoms with E-state index in [1.54, 1.807) is 0 Å². The van der Waals surface area contributed by atoms with Gasteiger partial charge in [0.05, 0.1) is 6.10 Å². The van der Waals surface area contributed by atoms with Crippen molar-refractivity contribution in [3.05, 3.63) is 24.8 Å². The van der Waals surface area contributed by atoms with E-state index in [2.05, 4.69) is 6.58 Å². The van der Waals surface area contributed by atoms with Gasteiger partial charge in [0.15, 0.2) is 0 Å². The van der Waals surface area contributed by atoms with Crippen LogP contribution in [0.4, 0.5) is 0 Å². The summed E-state index contributed by atoms with van der Waals surface area (Å²) in [6.45, 7) is 5.36. The fourth-order valence-electron chi connectivity index (χ4n) is 0.372. The monoisotopic (exact) mass is 112 g/mol. The molecule has 0 aromatic carbocycles. The van der Waals surface area contributed by atoms with E-state index in [1.807, 2.05) is 19.1 Å². The molecule has 0 rings (SSSR count). The molecule has 0 fully saturated rings. The molecule has 1 atom stereocenters. The van der Waals surface area contributed by atoms with E-state index in [4.69, 9.17) is 5.11 Å². The zero-order valence-electron chi connectivity index (χ0n) is 5.17. The van der Waals surface area contributed by atoms with Crippen LogP contribution in [0.5, 0.6) is 0 Å². The number of aliphatic hydroxyl groups is 1. The van der Waals surface area contributed by atoms with Crippen LogP contribution in [-0.2, 0) is 0 Å². The lowest BCUT2D eigenvalue weighted by atomic mass is 10.2. The number of hydrogen-bond donors (Lipinski definition) is 1. The molecule has 0 aliphatic carbocycles. The fraction of sp³-hybridized carbons (Fsp3) is 0.429. The summed E-state index contributed by atoms with van der Waals surface area (Å²) in [6, 6.07) is 0. The third kappa shape index (κ3) is 3.62. The highest BCUT2D eigenvalue weighted by atomic mass is 16.3. The lowest BCUT2D eigenvalue weighted by Gasteiger charge is -1.96. The smallest absolute Gasteiger partial charge is 0.0752 e. The van der Waals surface area contributed by atoms with Crippen molar-refractivity contribution in [2.45, 2.75) is 19.4 Å². The van der Waals surface area contributed by atoms with Crippen molar-refractivity contribution in [1.29, 1.82) is 0 Å². The van der Waals surface area contributed by atoms with E-state index in [0.29, 0.717) is 6.42 Å². The average molecular weight is 112 g/mol. The van der Waals surface area contributed by atoms with Crippen molar-refractivity contribution < 1.29 is 5.11 Å². The average Bonchev–Trinajstić information content (AvgIpc) is 1.83. The Morgan fingerprint density at radius 2 is 2.38 bits per heavy atom. The van der Waals surface area contributed by atoms with Crippen LogP contribution in [0.3, 0.4) is 0 Å². The van der Waals surface area contributed by atoms with Gasteiger partial charge >= 0.3 is 0 Å². The largest absolute Gasteiger partial charge is 0.389 e. The molecular weight excluding hydrogens is 100 g/mol. The first-order valence-corrected chi connectivity index (χ1v) is 2.73. The van der Waals surface area contributed by atoms with Crippen LogP contribution in [0.15, 0.2) is 24.8 Å². The zero-order chi connectivity index (χ0) is 6.41. The number of aliphatic hydroxyl groups excluding tert-OH is 1. The predicted molar refractivity (Wildman–Crippen MR) is 35.6 cm³/mol. The minimum atomic E-state index is -0.369. The molecule has 0 radical (unpaired) electrons. The van der Waals surface area contributed by atoms with Crippen LogP contribution in [0.2, 0.25) is 0 Å². The summed E-state index contributed by atoms with van der Waals surface area (Å²) in [5, 5.41) is 8.82. The molecule has 0 saturated carbocycles. The Bertz CT molecular complexity index is 84.4. The molecule has 1 nitrogen and oxygen atoms in total. The van der Waals surface area contributed by atoms with Crippen LogP contribution in [-0.4, -0.2) is 11.2 Å². The summed E-state index contributed by atoms with van der Waals surface area (Å²) >= 11 is 0. The van der Waals surface area contributed by atoms with Crippen molar-refractivity contribution in [1.82, 2.24) is 0 Å². The SMILES string of the molecule is C=C[C@H](O)C/C=C/C. The maximum atomic E-state index is 8.82. The summed E-state index contributed by atoms with van der Waals surface area (Å²) in [5.74, 6) is 0. The zero-order valence-corrected chi connectivity index (χ0v) is 5.17. The molecule has 46 valence electrons. The second-order valence-electron chi connectivity index (χ2n) is 1.61. The highest BCUT2D eigenvalue weighted by Crippen LogP contribution is 1.91. The molecule has 0 aliphatic rings. The summed E-state index contributed by atoms with van der Waals surface area (Å²) in [6.07, 6.45) is 5.66. The second-order valence-corrected chi connectivity index (χ2v) is 1.61. The Morgan fingerprint density at radius 1 is 1.75 bits per heavy atom. The van der Waals surface area contributed by atoms with Crippen molar-refractivity contribution >= 4 is 0 Å². The van der Waals surface area contributed by atoms with Gasteiger partial charge in [-0.2, -0.15) is 0 Å². The molecule has 1 N–H and O–H groups in total. The quantitative estimate of drug-likeness (QED) is 0.548. The van der Waals surface area contributed by atoms with Gasteiger partial charge in [-0.05, 0) is 13.3 Å². The van der Waals surface area contributed by atoms with E-state index in [0.717, 1.165) is 0 Å². The third-order valence-electron chi connectivity index (χ3n) is 0.885. The molecule has 0 aliphatic heterocycles. The van der Waals surface area contributed by atoms with E-state index < -0.39 is 0 Å². The van der Waals surface area contributed by atoms with Crippen LogP contribution >= 0.6 is 0 Å². The van der Waals surface area contributed by atoms with Crippen LogP contribution < -0.4 is 0 Å². The van der Waals surface area contributed by atoms with E-state index >= 15 is 0 Å². The number of hydrogen-bond acceptors (Lipinski definition) is 1. The topological polar surface area (TPSA) is 20.2 Å². The minimum Gasteiger partial charge on any atom is -0.389 e. The Balaban J connectivity index is 3.23. The summed E-state index contributed by atoms with van der Waals surface area (Å²) in [5.41, 5.74) is 0. The summed E-state index contributed by atoms with van der Waals surface area (Å²) in [4.78, 5) is 0. The molecule has 0 amide bonds. The van der Waals surface area contributed by atoms with E-state index in [9.17, 15) is 0 Å². The van der Waals surface area contributed by atoms with Crippen LogP contribution in [0, 0.1) is 0 Å². The van der Waals surface area contributed by atoms with Crippen molar-refractivity contribution in [2.75, 3.05) is 0 Å². The first-order chi connectivity index (χ1) is 3.81. The molecule has 0 bridgehead atoms. The van der Waals surface area contributed by atoms with Gasteiger partial charge in [-0.3, -0.25) is 0 Å². The molecule has 0 heterocycles. The number of rotatable bonds is 3. The molecule has 0 aromatic heterocycles. The summed E-state index contributed by atoms with van der Waals surface area (Å²) in [7, 11) is 0. The Hall–Kier alpha value is -0.560. The van der Waals surface area contributed by atoms with E-state index in [-0.39, 0.29) is 6.10 Å². The van der Waals surface area contributed by atoms with Gasteiger partial charge in [-0.15, -0.1) is 6.58 Å². The molecule has 1 heteroatoms. The molecular formula is C7H12O. The maximum absolute atomic E-state index is 8.82. The van der Waals surface area contributed by atoms with Gasteiger partial charge in [-0.1, -0.05) is 18.2 Å². The standard InChI is InChI=1S/C7H12O/c1-3-5-6-7(8)4-2/h3-5,7-8H,2,6H2,1H3/b5-3+/t7-/m0/s1. The lowest BCUT2D eigenvalue weighted by molar-refractivity contribution is 0.227. The molecule has 0 aromatic rings. The van der Waals surface area contributed by atoms with Gasteiger partial charge in [0.1, 0.15) is 0 Å². The second kappa shape index (κ2) is 4.60. The Labute approximate surface area is 50.3 Å². The Morgan fingerprint density at radius 3 is 2.75 bits per heavy atom. The molecule has 0 saturated heterocycles. The fourth-order valence-corrected chi connectivity index (χ4v) is 0.372. The van der Waals surface area contributed by atoms with Crippen molar-refractivity contribution in [2.24, 2.45) is 0 Å². The highest BCUT2D eigenvalue weighted by Gasteiger charge is 1.89. The van der Waals surface area contributed by atoms with E-state index in [1.165, 1.54) is 6.08 Å². The predicted octanol–water partition coefficient (Wildman–Crippen LogP) is 1.50. The summed E-state index contributed by atoms with van der Waals surface area (Å²) < 4.78 is 0. The van der Waals surface area contributed by atoms with Gasteiger partial charge in [0.25, 0.3) is 0 Å². The van der Waals surface area contributed by atoms with Crippen LogP contribution in [0.25, 0.3) is 0 Å². The maximum Gasteiger partial charge on any atom is 0.0752 e.